The Bertz CT molecular complexity index is 265. The van der Waals surface area contributed by atoms with Crippen molar-refractivity contribution in [2.45, 2.75) is 52.9 Å². The summed E-state index contributed by atoms with van der Waals surface area (Å²) in [6.45, 7) is 6.96. The molecule has 0 N–H and O–H groups in total. The summed E-state index contributed by atoms with van der Waals surface area (Å²) in [6.07, 6.45) is 6.82. The predicted molar refractivity (Wildman–Crippen MR) is 67.5 cm³/mol. The summed E-state index contributed by atoms with van der Waals surface area (Å²) in [5.74, 6) is 2.64. The Morgan fingerprint density at radius 2 is 1.69 bits per heavy atom. The van der Waals surface area contributed by atoms with Crippen molar-refractivity contribution in [3.05, 3.63) is 0 Å². The second-order valence-electron chi connectivity index (χ2n) is 6.30. The molecule has 0 amide bonds. The van der Waals surface area contributed by atoms with Crippen molar-refractivity contribution < 1.29 is 4.84 Å². The number of hydrogen-bond donors (Lipinski definition) is 0. The van der Waals surface area contributed by atoms with Crippen molar-refractivity contribution in [3.8, 4) is 0 Å². The van der Waals surface area contributed by atoms with Crippen LogP contribution in [0, 0.1) is 23.2 Å². The largest absolute Gasteiger partial charge is 0.399 e. The lowest BCUT2D eigenvalue weighted by Crippen LogP contribution is -2.43. The molecule has 0 aromatic rings. The van der Waals surface area contributed by atoms with Crippen LogP contribution in [-0.2, 0) is 4.84 Å². The van der Waals surface area contributed by atoms with Crippen LogP contribution < -0.4 is 0 Å². The van der Waals surface area contributed by atoms with Crippen LogP contribution in [0.1, 0.15) is 52.9 Å². The van der Waals surface area contributed by atoms with E-state index in [1.165, 1.54) is 37.8 Å². The minimum absolute atomic E-state index is 0.357. The highest BCUT2D eigenvalue weighted by Gasteiger charge is 2.46. The van der Waals surface area contributed by atoms with Gasteiger partial charge in [-0.1, -0.05) is 19.0 Å². The topological polar surface area (TPSA) is 21.6 Å². The molecular weight excluding hydrogens is 198 g/mol. The minimum Gasteiger partial charge on any atom is -0.399 e. The van der Waals surface area contributed by atoms with Crippen LogP contribution in [0.2, 0.25) is 0 Å². The summed E-state index contributed by atoms with van der Waals surface area (Å²) in [5, 5.41) is 4.25. The van der Waals surface area contributed by atoms with Crippen molar-refractivity contribution in [1.82, 2.24) is 0 Å². The van der Waals surface area contributed by atoms with Gasteiger partial charge >= 0.3 is 0 Å². The van der Waals surface area contributed by atoms with E-state index in [1.807, 2.05) is 0 Å². The molecule has 2 heteroatoms. The molecule has 0 radical (unpaired) electrons. The molecule has 0 aromatic carbocycles. The van der Waals surface area contributed by atoms with E-state index in [0.717, 1.165) is 17.8 Å². The van der Waals surface area contributed by atoms with Gasteiger partial charge in [0.05, 0.1) is 5.71 Å². The molecule has 2 bridgehead atoms. The van der Waals surface area contributed by atoms with E-state index in [1.54, 1.807) is 7.11 Å². The second-order valence-corrected chi connectivity index (χ2v) is 6.30. The van der Waals surface area contributed by atoms with Gasteiger partial charge in [-0.2, -0.15) is 0 Å². The molecular formula is C14H25NO. The lowest BCUT2D eigenvalue weighted by atomic mass is 9.55. The van der Waals surface area contributed by atoms with Gasteiger partial charge in [0.1, 0.15) is 7.11 Å². The Morgan fingerprint density at radius 3 is 2.19 bits per heavy atom. The van der Waals surface area contributed by atoms with Gasteiger partial charge in [-0.3, -0.25) is 0 Å². The summed E-state index contributed by atoms with van der Waals surface area (Å²) < 4.78 is 0. The highest BCUT2D eigenvalue weighted by Crippen LogP contribution is 2.53. The average Bonchev–Trinajstić information content (AvgIpc) is 2.15. The maximum Gasteiger partial charge on any atom is 0.106 e. The smallest absolute Gasteiger partial charge is 0.106 e. The monoisotopic (exact) mass is 223 g/mol. The van der Waals surface area contributed by atoms with Gasteiger partial charge in [0.25, 0.3) is 0 Å². The van der Waals surface area contributed by atoms with Gasteiger partial charge in [0, 0.05) is 5.41 Å². The predicted octanol–water partition coefficient (Wildman–Crippen LogP) is 3.86. The van der Waals surface area contributed by atoms with Crippen molar-refractivity contribution in [2.24, 2.45) is 28.3 Å². The number of rotatable bonds is 2. The molecule has 2 aliphatic rings. The van der Waals surface area contributed by atoms with Crippen LogP contribution in [0.25, 0.3) is 0 Å². The Labute approximate surface area is 99.4 Å². The van der Waals surface area contributed by atoms with Gasteiger partial charge < -0.3 is 4.84 Å². The van der Waals surface area contributed by atoms with Gasteiger partial charge in [-0.05, 0) is 56.8 Å². The Morgan fingerprint density at radius 1 is 1.12 bits per heavy atom. The Kier molecular flexibility index (Phi) is 3.27. The highest BCUT2D eigenvalue weighted by atomic mass is 16.6. The fourth-order valence-corrected chi connectivity index (χ4v) is 4.38. The molecule has 2 aliphatic carbocycles. The molecule has 0 spiro atoms. The van der Waals surface area contributed by atoms with Gasteiger partial charge in [0.15, 0.2) is 0 Å². The Hall–Kier alpha value is -0.530. The number of oxime groups is 1. The van der Waals surface area contributed by atoms with Crippen LogP contribution in [0.4, 0.5) is 0 Å². The first kappa shape index (κ1) is 11.9. The third-order valence-corrected chi connectivity index (χ3v) is 4.62. The van der Waals surface area contributed by atoms with Crippen LogP contribution in [0.15, 0.2) is 5.16 Å². The first-order valence-corrected chi connectivity index (χ1v) is 6.64. The average molecular weight is 223 g/mol. The lowest BCUT2D eigenvalue weighted by Gasteiger charge is -2.49. The van der Waals surface area contributed by atoms with Crippen molar-refractivity contribution in [3.63, 3.8) is 0 Å². The Balaban J connectivity index is 2.24. The van der Waals surface area contributed by atoms with Gasteiger partial charge in [0.2, 0.25) is 0 Å². The molecule has 2 unspecified atom stereocenters. The van der Waals surface area contributed by atoms with Crippen LogP contribution >= 0.6 is 0 Å². The third kappa shape index (κ3) is 2.11. The second kappa shape index (κ2) is 4.38. The third-order valence-electron chi connectivity index (χ3n) is 4.62. The molecule has 2 atom stereocenters. The summed E-state index contributed by atoms with van der Waals surface area (Å²) >= 11 is 0. The van der Waals surface area contributed by atoms with E-state index in [2.05, 4.69) is 25.9 Å². The van der Waals surface area contributed by atoms with Crippen molar-refractivity contribution in [1.29, 1.82) is 0 Å². The SMILES string of the molecule is CO/N=C(\C)C12CC(C)CC(CC(C)C1)C2. The molecule has 2 nitrogen and oxygen atoms in total. The standard InChI is InChI=1S/C14H25NO/c1-10-5-13-6-11(2)8-14(7-10,9-13)12(3)15-16-4/h10-11,13H,5-9H2,1-4H3/b15-12+. The highest BCUT2D eigenvalue weighted by molar-refractivity contribution is 5.87. The maximum atomic E-state index is 5.00. The van der Waals surface area contributed by atoms with E-state index in [-0.39, 0.29) is 0 Å². The molecule has 2 fully saturated rings. The fourth-order valence-electron chi connectivity index (χ4n) is 4.38. The molecule has 92 valence electrons. The van der Waals surface area contributed by atoms with Gasteiger partial charge in [-0.25, -0.2) is 0 Å². The van der Waals surface area contributed by atoms with Crippen molar-refractivity contribution >= 4 is 5.71 Å². The molecule has 0 aliphatic heterocycles. The quantitative estimate of drug-likeness (QED) is 0.514. The van der Waals surface area contributed by atoms with E-state index < -0.39 is 0 Å². The minimum atomic E-state index is 0.357. The van der Waals surface area contributed by atoms with Crippen LogP contribution in [-0.4, -0.2) is 12.8 Å². The number of nitrogens with zero attached hydrogens (tertiary/aromatic N) is 1. The molecule has 2 rings (SSSR count). The summed E-state index contributed by atoms with van der Waals surface area (Å²) in [6, 6.07) is 0. The van der Waals surface area contributed by atoms with Crippen molar-refractivity contribution in [2.75, 3.05) is 7.11 Å². The molecule has 0 aromatic heterocycles. The summed E-state index contributed by atoms with van der Waals surface area (Å²) in [4.78, 5) is 5.00. The van der Waals surface area contributed by atoms with E-state index in [0.29, 0.717) is 5.41 Å². The van der Waals surface area contributed by atoms with Crippen LogP contribution in [0.5, 0.6) is 0 Å². The summed E-state index contributed by atoms with van der Waals surface area (Å²) in [7, 11) is 1.66. The zero-order valence-corrected chi connectivity index (χ0v) is 11.1. The normalized spacial score (nSPS) is 44.2. The zero-order valence-electron chi connectivity index (χ0n) is 11.1. The van der Waals surface area contributed by atoms with Crippen LogP contribution in [0.3, 0.4) is 0 Å². The first-order valence-electron chi connectivity index (χ1n) is 6.64. The van der Waals surface area contributed by atoms with Gasteiger partial charge in [-0.15, -0.1) is 0 Å². The van der Waals surface area contributed by atoms with E-state index >= 15 is 0 Å². The first-order chi connectivity index (χ1) is 7.55. The number of hydrogen-bond acceptors (Lipinski definition) is 2. The number of fused-ring (bicyclic) bond motifs is 2. The van der Waals surface area contributed by atoms with E-state index in [9.17, 15) is 0 Å². The lowest BCUT2D eigenvalue weighted by molar-refractivity contribution is 0.0655. The maximum absolute atomic E-state index is 5.00. The molecule has 16 heavy (non-hydrogen) atoms. The zero-order chi connectivity index (χ0) is 11.8. The molecule has 2 saturated carbocycles. The molecule has 0 heterocycles. The molecule has 0 saturated heterocycles. The van der Waals surface area contributed by atoms with E-state index in [4.69, 9.17) is 4.84 Å². The summed E-state index contributed by atoms with van der Waals surface area (Å²) in [5.41, 5.74) is 1.59. The fraction of sp³-hybridized carbons (Fsp3) is 0.929.